The van der Waals surface area contributed by atoms with E-state index in [9.17, 15) is 4.79 Å². The highest BCUT2D eigenvalue weighted by Gasteiger charge is 2.26. The maximum absolute atomic E-state index is 12.1. The average molecular weight is 404 g/mol. The number of para-hydroxylation sites is 1. The lowest BCUT2D eigenvalue weighted by Crippen LogP contribution is -2.22. The number of anilines is 1. The van der Waals surface area contributed by atoms with Crippen LogP contribution < -0.4 is 10.1 Å². The molecule has 1 aliphatic heterocycles. The molecular weight excluding hydrogens is 380 g/mol. The highest BCUT2D eigenvalue weighted by atomic mass is 16.5. The van der Waals surface area contributed by atoms with Crippen LogP contribution in [0.15, 0.2) is 36.4 Å². The van der Waals surface area contributed by atoms with Gasteiger partial charge in [-0.05, 0) is 38.1 Å². The SMILES string of the molecule is CCn1c(-c2cc3cccc4c3n2C(C)CN4)nc2cc(C(=O)OC)cc(OC)c21. The first-order valence-electron chi connectivity index (χ1n) is 10.1. The first-order chi connectivity index (χ1) is 14.6. The second kappa shape index (κ2) is 6.79. The standard InChI is InChI=1S/C23H24N4O3/c1-5-26-21-17(9-15(23(28)30-4)11-19(21)29-3)25-22(26)18-10-14-7-6-8-16-20(14)27(18)13(2)12-24-16/h6-11,13,24H,5,12H2,1-4H3. The fourth-order valence-electron chi connectivity index (χ4n) is 4.53. The van der Waals surface area contributed by atoms with Gasteiger partial charge in [0.05, 0.1) is 42.2 Å². The molecule has 5 rings (SSSR count). The number of hydrogen-bond acceptors (Lipinski definition) is 5. The van der Waals surface area contributed by atoms with Gasteiger partial charge in [-0.15, -0.1) is 0 Å². The van der Waals surface area contributed by atoms with Crippen molar-refractivity contribution in [2.24, 2.45) is 0 Å². The molecular formula is C23H24N4O3. The molecule has 1 aliphatic rings. The number of benzene rings is 2. The maximum atomic E-state index is 12.1. The Labute approximate surface area is 174 Å². The molecule has 2 aromatic heterocycles. The van der Waals surface area contributed by atoms with Gasteiger partial charge in [0.15, 0.2) is 5.82 Å². The summed E-state index contributed by atoms with van der Waals surface area (Å²) in [6.07, 6.45) is 0. The van der Waals surface area contributed by atoms with E-state index in [0.717, 1.165) is 35.8 Å². The molecule has 7 heteroatoms. The van der Waals surface area contributed by atoms with E-state index in [1.165, 1.54) is 18.0 Å². The molecule has 0 saturated carbocycles. The molecule has 0 saturated heterocycles. The van der Waals surface area contributed by atoms with Crippen LogP contribution in [-0.4, -0.2) is 40.9 Å². The maximum Gasteiger partial charge on any atom is 0.338 e. The van der Waals surface area contributed by atoms with Gasteiger partial charge in [-0.2, -0.15) is 0 Å². The molecule has 30 heavy (non-hydrogen) atoms. The van der Waals surface area contributed by atoms with E-state index >= 15 is 0 Å². The zero-order chi connectivity index (χ0) is 21.0. The van der Waals surface area contributed by atoms with E-state index < -0.39 is 5.97 Å². The third kappa shape index (κ3) is 2.51. The quantitative estimate of drug-likeness (QED) is 0.509. The second-order valence-electron chi connectivity index (χ2n) is 7.59. The van der Waals surface area contributed by atoms with Crippen LogP contribution >= 0.6 is 0 Å². The normalized spacial score (nSPS) is 15.4. The largest absolute Gasteiger partial charge is 0.494 e. The van der Waals surface area contributed by atoms with Crippen molar-refractivity contribution in [1.82, 2.24) is 14.1 Å². The van der Waals surface area contributed by atoms with Crippen molar-refractivity contribution >= 4 is 33.6 Å². The van der Waals surface area contributed by atoms with Gasteiger partial charge < -0.3 is 23.9 Å². The van der Waals surface area contributed by atoms with Crippen molar-refractivity contribution in [2.75, 3.05) is 26.1 Å². The Morgan fingerprint density at radius 1 is 1.23 bits per heavy atom. The van der Waals surface area contributed by atoms with Gasteiger partial charge in [-0.1, -0.05) is 12.1 Å². The van der Waals surface area contributed by atoms with Crippen LogP contribution in [0.5, 0.6) is 5.75 Å². The molecule has 1 unspecified atom stereocenters. The number of carbonyl (C=O) groups is 1. The first kappa shape index (κ1) is 18.5. The lowest BCUT2D eigenvalue weighted by molar-refractivity contribution is 0.0600. The topological polar surface area (TPSA) is 70.3 Å². The van der Waals surface area contributed by atoms with E-state index in [1.54, 1.807) is 19.2 Å². The van der Waals surface area contributed by atoms with Crippen LogP contribution in [-0.2, 0) is 11.3 Å². The van der Waals surface area contributed by atoms with Gasteiger partial charge in [-0.3, -0.25) is 0 Å². The minimum Gasteiger partial charge on any atom is -0.494 e. The van der Waals surface area contributed by atoms with Crippen LogP contribution in [0.25, 0.3) is 33.5 Å². The molecule has 0 fully saturated rings. The zero-order valence-corrected chi connectivity index (χ0v) is 17.5. The van der Waals surface area contributed by atoms with Gasteiger partial charge in [0.25, 0.3) is 0 Å². The van der Waals surface area contributed by atoms with Gasteiger partial charge in [0.1, 0.15) is 11.3 Å². The number of imidazole rings is 1. The molecule has 4 aromatic rings. The Bertz CT molecular complexity index is 1300. The summed E-state index contributed by atoms with van der Waals surface area (Å²) in [6, 6.07) is 12.3. The fraction of sp³-hybridized carbons (Fsp3) is 0.304. The number of carbonyl (C=O) groups excluding carboxylic acids is 1. The predicted octanol–water partition coefficient (Wildman–Crippen LogP) is 4.46. The lowest BCUT2D eigenvalue weighted by atomic mass is 10.1. The van der Waals surface area contributed by atoms with Gasteiger partial charge >= 0.3 is 5.97 Å². The Morgan fingerprint density at radius 3 is 2.80 bits per heavy atom. The van der Waals surface area contributed by atoms with E-state index in [-0.39, 0.29) is 6.04 Å². The summed E-state index contributed by atoms with van der Waals surface area (Å²) in [7, 11) is 2.98. The van der Waals surface area contributed by atoms with E-state index in [4.69, 9.17) is 14.5 Å². The van der Waals surface area contributed by atoms with Crippen molar-refractivity contribution in [3.05, 3.63) is 42.0 Å². The van der Waals surface area contributed by atoms with Crippen molar-refractivity contribution < 1.29 is 14.3 Å². The molecule has 7 nitrogen and oxygen atoms in total. The smallest absolute Gasteiger partial charge is 0.338 e. The van der Waals surface area contributed by atoms with Crippen LogP contribution in [0, 0.1) is 0 Å². The second-order valence-corrected chi connectivity index (χ2v) is 7.59. The number of aryl methyl sites for hydroxylation is 1. The predicted molar refractivity (Wildman–Crippen MR) is 117 cm³/mol. The number of nitrogens with one attached hydrogen (secondary N) is 1. The molecule has 1 N–H and O–H groups in total. The summed E-state index contributed by atoms with van der Waals surface area (Å²) in [4.78, 5) is 17.1. The molecule has 0 radical (unpaired) electrons. The minimum atomic E-state index is -0.407. The van der Waals surface area contributed by atoms with Crippen LogP contribution in [0.3, 0.4) is 0 Å². The number of hydrogen-bond donors (Lipinski definition) is 1. The van der Waals surface area contributed by atoms with Crippen molar-refractivity contribution in [3.63, 3.8) is 0 Å². The summed E-state index contributed by atoms with van der Waals surface area (Å²) >= 11 is 0. The average Bonchev–Trinajstić information content (AvgIpc) is 3.34. The number of aromatic nitrogens is 3. The number of esters is 1. The lowest BCUT2D eigenvalue weighted by Gasteiger charge is -2.26. The summed E-state index contributed by atoms with van der Waals surface area (Å²) < 4.78 is 15.1. The van der Waals surface area contributed by atoms with E-state index in [2.05, 4.69) is 52.6 Å². The van der Waals surface area contributed by atoms with Gasteiger partial charge in [0, 0.05) is 24.5 Å². The molecule has 3 heterocycles. The third-order valence-corrected chi connectivity index (χ3v) is 5.88. The highest BCUT2D eigenvalue weighted by Crippen LogP contribution is 2.40. The first-order valence-corrected chi connectivity index (χ1v) is 10.1. The fourth-order valence-corrected chi connectivity index (χ4v) is 4.53. The van der Waals surface area contributed by atoms with Gasteiger partial charge in [-0.25, -0.2) is 9.78 Å². The number of fused-ring (bicyclic) bond motifs is 1. The summed E-state index contributed by atoms with van der Waals surface area (Å²) in [5.41, 5.74) is 5.42. The van der Waals surface area contributed by atoms with Crippen molar-refractivity contribution in [1.29, 1.82) is 0 Å². The number of ether oxygens (including phenoxy) is 2. The van der Waals surface area contributed by atoms with Crippen LogP contribution in [0.2, 0.25) is 0 Å². The molecule has 1 atom stereocenters. The summed E-state index contributed by atoms with van der Waals surface area (Å²) in [6.45, 7) is 5.88. The summed E-state index contributed by atoms with van der Waals surface area (Å²) in [5, 5.41) is 4.70. The minimum absolute atomic E-state index is 0.282. The molecule has 154 valence electrons. The Morgan fingerprint density at radius 2 is 2.07 bits per heavy atom. The van der Waals surface area contributed by atoms with E-state index in [0.29, 0.717) is 16.8 Å². The van der Waals surface area contributed by atoms with Crippen molar-refractivity contribution in [3.8, 4) is 17.3 Å². The number of methoxy groups -OCH3 is 2. The molecule has 0 spiro atoms. The summed E-state index contributed by atoms with van der Waals surface area (Å²) in [5.74, 6) is 1.07. The number of nitrogens with zero attached hydrogens (tertiary/aromatic N) is 3. The van der Waals surface area contributed by atoms with E-state index in [1.807, 2.05) is 0 Å². The van der Waals surface area contributed by atoms with Crippen molar-refractivity contribution in [2.45, 2.75) is 26.4 Å². The Balaban J connectivity index is 1.83. The van der Waals surface area contributed by atoms with Crippen LogP contribution in [0.4, 0.5) is 5.69 Å². The number of rotatable bonds is 4. The van der Waals surface area contributed by atoms with Gasteiger partial charge in [0.2, 0.25) is 0 Å². The molecule has 0 aliphatic carbocycles. The van der Waals surface area contributed by atoms with Crippen LogP contribution in [0.1, 0.15) is 30.2 Å². The molecule has 0 bridgehead atoms. The Hall–Kier alpha value is -3.48. The Kier molecular flexibility index (Phi) is 4.20. The highest BCUT2D eigenvalue weighted by molar-refractivity contribution is 5.99. The molecule has 2 aromatic carbocycles. The third-order valence-electron chi connectivity index (χ3n) is 5.88. The monoisotopic (exact) mass is 404 g/mol. The molecule has 0 amide bonds. The zero-order valence-electron chi connectivity index (χ0n) is 17.5.